The second kappa shape index (κ2) is 3.59. The molecule has 0 saturated heterocycles. The number of nitrogens with zero attached hydrogens (tertiary/aromatic N) is 2. The molecule has 4 heteroatoms. The van der Waals surface area contributed by atoms with Crippen LogP contribution in [0.15, 0.2) is 42.2 Å². The molecule has 0 radical (unpaired) electrons. The summed E-state index contributed by atoms with van der Waals surface area (Å²) in [6, 6.07) is 7.68. The van der Waals surface area contributed by atoms with Gasteiger partial charge < -0.3 is 9.67 Å². The van der Waals surface area contributed by atoms with E-state index < -0.39 is 5.97 Å². The minimum atomic E-state index is -0.888. The van der Waals surface area contributed by atoms with Crippen LogP contribution in [0.2, 0.25) is 0 Å². The van der Waals surface area contributed by atoms with Gasteiger partial charge >= 0.3 is 5.97 Å². The normalized spacial score (nSPS) is 13.3. The van der Waals surface area contributed by atoms with Crippen LogP contribution in [0.3, 0.4) is 0 Å². The summed E-state index contributed by atoms with van der Waals surface area (Å²) in [7, 11) is 0. The van der Waals surface area contributed by atoms with Crippen LogP contribution in [-0.2, 0) is 11.3 Å². The molecular formula is C13H10N2O2. The van der Waals surface area contributed by atoms with Crippen molar-refractivity contribution >= 4 is 12.0 Å². The van der Waals surface area contributed by atoms with Gasteiger partial charge in [0, 0.05) is 18.0 Å². The topological polar surface area (TPSA) is 55.1 Å². The molecule has 2 heterocycles. The molecule has 4 nitrogen and oxygen atoms in total. The molecule has 0 atom stereocenters. The summed E-state index contributed by atoms with van der Waals surface area (Å²) in [4.78, 5) is 15.4. The Kier molecular flexibility index (Phi) is 2.08. The lowest BCUT2D eigenvalue weighted by Gasteiger charge is -2.05. The fraction of sp³-hybridized carbons (Fsp3) is 0.0769. The number of aliphatic carboxylic acids is 1. The van der Waals surface area contributed by atoms with Crippen LogP contribution in [0.25, 0.3) is 17.5 Å². The Morgan fingerprint density at radius 2 is 2.18 bits per heavy atom. The molecule has 1 aliphatic heterocycles. The maximum atomic E-state index is 11.1. The van der Waals surface area contributed by atoms with Crippen molar-refractivity contribution in [1.82, 2.24) is 9.55 Å². The maximum absolute atomic E-state index is 11.1. The van der Waals surface area contributed by atoms with Crippen LogP contribution in [0.5, 0.6) is 0 Å². The molecule has 0 fully saturated rings. The molecule has 1 aromatic heterocycles. The average molecular weight is 226 g/mol. The van der Waals surface area contributed by atoms with Gasteiger partial charge in [-0.3, -0.25) is 0 Å². The Labute approximate surface area is 97.8 Å². The van der Waals surface area contributed by atoms with Crippen molar-refractivity contribution < 1.29 is 9.90 Å². The van der Waals surface area contributed by atoms with Crippen molar-refractivity contribution in [3.63, 3.8) is 0 Å². The molecule has 0 saturated carbocycles. The summed E-state index contributed by atoms with van der Waals surface area (Å²) in [6.07, 6.45) is 5.21. The molecule has 0 unspecified atom stereocenters. The van der Waals surface area contributed by atoms with Crippen molar-refractivity contribution in [3.8, 4) is 11.4 Å². The number of hydrogen-bond donors (Lipinski definition) is 1. The minimum absolute atomic E-state index is 0.347. The molecule has 1 aromatic carbocycles. The summed E-state index contributed by atoms with van der Waals surface area (Å²) in [5.74, 6) is -0.0746. The van der Waals surface area contributed by atoms with Crippen molar-refractivity contribution in [1.29, 1.82) is 0 Å². The number of aromatic nitrogens is 2. The summed E-state index contributed by atoms with van der Waals surface area (Å²) in [5.41, 5.74) is 2.23. The molecule has 0 amide bonds. The van der Waals surface area contributed by atoms with E-state index in [1.165, 1.54) is 0 Å². The van der Waals surface area contributed by atoms with Gasteiger partial charge in [0.25, 0.3) is 0 Å². The molecule has 0 bridgehead atoms. The fourth-order valence-corrected chi connectivity index (χ4v) is 2.05. The number of carbonyl (C=O) groups is 1. The summed E-state index contributed by atoms with van der Waals surface area (Å²) in [5, 5.41) is 9.15. The molecule has 0 aliphatic carbocycles. The molecule has 3 rings (SSSR count). The Hall–Kier alpha value is -2.36. The first-order chi connectivity index (χ1) is 8.25. The van der Waals surface area contributed by atoms with Crippen molar-refractivity contribution in [2.75, 3.05) is 0 Å². The molecule has 0 spiro atoms. The summed E-state index contributed by atoms with van der Waals surface area (Å²) in [6.45, 7) is 0.347. The summed E-state index contributed by atoms with van der Waals surface area (Å²) >= 11 is 0. The molecule has 84 valence electrons. The lowest BCUT2D eigenvalue weighted by Crippen LogP contribution is -2.07. The predicted molar refractivity (Wildman–Crippen MR) is 63.3 cm³/mol. The summed E-state index contributed by atoms with van der Waals surface area (Å²) < 4.78 is 1.85. The standard InChI is InChI=1S/C13H10N2O2/c16-13(17)10-7-9-3-1-2-4-11(9)12-14-5-6-15(12)8-10/h1-7H,8H2,(H,16,17). The van der Waals surface area contributed by atoms with Gasteiger partial charge in [0.05, 0.1) is 12.1 Å². The van der Waals surface area contributed by atoms with Crippen LogP contribution in [-0.4, -0.2) is 20.6 Å². The Balaban J connectivity index is 2.29. The zero-order chi connectivity index (χ0) is 11.8. The highest BCUT2D eigenvalue weighted by atomic mass is 16.4. The van der Waals surface area contributed by atoms with E-state index in [4.69, 9.17) is 5.11 Å². The molecule has 1 N–H and O–H groups in total. The number of benzene rings is 1. The third-order valence-corrected chi connectivity index (χ3v) is 2.86. The molecule has 2 aromatic rings. The largest absolute Gasteiger partial charge is 0.478 e. The Morgan fingerprint density at radius 1 is 1.35 bits per heavy atom. The number of fused-ring (bicyclic) bond motifs is 3. The van der Waals surface area contributed by atoms with E-state index in [-0.39, 0.29) is 0 Å². The average Bonchev–Trinajstić information content (AvgIpc) is 2.71. The number of carboxylic acid groups (broad SMARTS) is 1. The van der Waals surface area contributed by atoms with Gasteiger partial charge in [-0.2, -0.15) is 0 Å². The van der Waals surface area contributed by atoms with Gasteiger partial charge in [0.1, 0.15) is 5.82 Å². The third kappa shape index (κ3) is 1.54. The van der Waals surface area contributed by atoms with Crippen molar-refractivity contribution in [2.45, 2.75) is 6.54 Å². The van der Waals surface area contributed by atoms with E-state index in [2.05, 4.69) is 4.98 Å². The van der Waals surface area contributed by atoms with E-state index in [9.17, 15) is 4.79 Å². The zero-order valence-corrected chi connectivity index (χ0v) is 9.00. The number of carboxylic acids is 1. The zero-order valence-electron chi connectivity index (χ0n) is 9.00. The number of rotatable bonds is 1. The second-order valence-corrected chi connectivity index (χ2v) is 3.94. The lowest BCUT2D eigenvalue weighted by molar-refractivity contribution is -0.132. The molecular weight excluding hydrogens is 216 g/mol. The SMILES string of the molecule is O=C(O)C1=Cc2ccccc2-c2nccn2C1. The molecule has 1 aliphatic rings. The van der Waals surface area contributed by atoms with Crippen LogP contribution in [0.1, 0.15) is 5.56 Å². The monoisotopic (exact) mass is 226 g/mol. The van der Waals surface area contributed by atoms with Gasteiger partial charge in [-0.25, -0.2) is 9.78 Å². The van der Waals surface area contributed by atoms with E-state index in [0.717, 1.165) is 17.0 Å². The smallest absolute Gasteiger partial charge is 0.333 e. The first-order valence-electron chi connectivity index (χ1n) is 5.30. The van der Waals surface area contributed by atoms with Gasteiger partial charge in [-0.05, 0) is 11.6 Å². The van der Waals surface area contributed by atoms with Gasteiger partial charge in [0.2, 0.25) is 0 Å². The van der Waals surface area contributed by atoms with E-state index in [1.54, 1.807) is 18.5 Å². The molecule has 17 heavy (non-hydrogen) atoms. The van der Waals surface area contributed by atoms with E-state index in [1.807, 2.05) is 28.8 Å². The fourth-order valence-electron chi connectivity index (χ4n) is 2.05. The maximum Gasteiger partial charge on any atom is 0.333 e. The quantitative estimate of drug-likeness (QED) is 0.809. The van der Waals surface area contributed by atoms with Gasteiger partial charge in [0.15, 0.2) is 0 Å². The lowest BCUT2D eigenvalue weighted by atomic mass is 10.1. The second-order valence-electron chi connectivity index (χ2n) is 3.94. The van der Waals surface area contributed by atoms with E-state index >= 15 is 0 Å². The first-order valence-corrected chi connectivity index (χ1v) is 5.30. The van der Waals surface area contributed by atoms with Gasteiger partial charge in [-0.1, -0.05) is 24.3 Å². The van der Waals surface area contributed by atoms with Crippen molar-refractivity contribution in [2.24, 2.45) is 0 Å². The first kappa shape index (κ1) is 9.84. The van der Waals surface area contributed by atoms with Gasteiger partial charge in [-0.15, -0.1) is 0 Å². The highest BCUT2D eigenvalue weighted by Gasteiger charge is 2.18. The number of imidazole rings is 1. The Morgan fingerprint density at radius 3 is 3.00 bits per heavy atom. The van der Waals surface area contributed by atoms with E-state index in [0.29, 0.717) is 12.1 Å². The highest BCUT2D eigenvalue weighted by molar-refractivity contribution is 5.94. The van der Waals surface area contributed by atoms with Crippen LogP contribution in [0, 0.1) is 0 Å². The van der Waals surface area contributed by atoms with Crippen LogP contribution < -0.4 is 0 Å². The predicted octanol–water partition coefficient (Wildman–Crippen LogP) is 2.03. The minimum Gasteiger partial charge on any atom is -0.478 e. The van der Waals surface area contributed by atoms with Crippen LogP contribution >= 0.6 is 0 Å². The highest BCUT2D eigenvalue weighted by Crippen LogP contribution is 2.28. The van der Waals surface area contributed by atoms with Crippen LogP contribution in [0.4, 0.5) is 0 Å². The third-order valence-electron chi connectivity index (χ3n) is 2.86. The number of hydrogen-bond acceptors (Lipinski definition) is 2. The van der Waals surface area contributed by atoms with Crippen molar-refractivity contribution in [3.05, 3.63) is 47.8 Å². The Bertz CT molecular complexity index is 626.